The van der Waals surface area contributed by atoms with E-state index in [1.165, 1.54) is 0 Å². The van der Waals surface area contributed by atoms with Crippen molar-refractivity contribution in [2.75, 3.05) is 12.3 Å². The van der Waals surface area contributed by atoms with Gasteiger partial charge in [-0.15, -0.1) is 11.8 Å². The molecule has 1 aliphatic heterocycles. The van der Waals surface area contributed by atoms with Crippen LogP contribution in [0.15, 0.2) is 0 Å². The largest absolute Gasteiger partial charge is 0.481 e. The number of aliphatic carboxylic acids is 1. The Hall–Kier alpha value is -0.710. The van der Waals surface area contributed by atoms with E-state index in [-0.39, 0.29) is 17.1 Å². The number of carbonyl (C=O) groups excluding carboxylic acids is 1. The quantitative estimate of drug-likeness (QED) is 0.815. The Balaban J connectivity index is 1.99. The standard InChI is InChI=1S/C12H19NO3S/c1-12(6-2-8-17-12)11(16)13(9-3-4-9)7-5-10(14)15/h9H,2-8H2,1H3,(H,14,15). The van der Waals surface area contributed by atoms with E-state index in [4.69, 9.17) is 5.11 Å². The number of amides is 1. The molecular weight excluding hydrogens is 238 g/mol. The second-order valence-corrected chi connectivity index (χ2v) is 6.65. The Kier molecular flexibility index (Phi) is 3.66. The van der Waals surface area contributed by atoms with Crippen LogP contribution >= 0.6 is 11.8 Å². The van der Waals surface area contributed by atoms with E-state index >= 15 is 0 Å². The molecule has 2 fully saturated rings. The molecule has 5 heteroatoms. The maximum absolute atomic E-state index is 12.5. The number of carboxylic acids is 1. The number of thioether (sulfide) groups is 1. The molecule has 0 spiro atoms. The molecule has 96 valence electrons. The summed E-state index contributed by atoms with van der Waals surface area (Å²) in [5.41, 5.74) is 0. The van der Waals surface area contributed by atoms with Crippen LogP contribution < -0.4 is 0 Å². The monoisotopic (exact) mass is 257 g/mol. The smallest absolute Gasteiger partial charge is 0.305 e. The van der Waals surface area contributed by atoms with Crippen molar-refractivity contribution in [3.05, 3.63) is 0 Å². The molecule has 0 aromatic carbocycles. The van der Waals surface area contributed by atoms with Gasteiger partial charge in [0.25, 0.3) is 0 Å². The fourth-order valence-electron chi connectivity index (χ4n) is 2.30. The predicted octanol–water partition coefficient (Wildman–Crippen LogP) is 1.74. The molecule has 1 amide bonds. The molecule has 0 radical (unpaired) electrons. The average Bonchev–Trinajstić information content (AvgIpc) is 3.01. The minimum Gasteiger partial charge on any atom is -0.481 e. The topological polar surface area (TPSA) is 57.6 Å². The zero-order valence-electron chi connectivity index (χ0n) is 10.1. The number of hydrogen-bond donors (Lipinski definition) is 1. The minimum absolute atomic E-state index is 0.0585. The highest BCUT2D eigenvalue weighted by Gasteiger charge is 2.44. The number of rotatable bonds is 5. The molecule has 0 aromatic heterocycles. The molecule has 2 rings (SSSR count). The SMILES string of the molecule is CC1(C(=O)N(CCC(=O)O)C2CC2)CCCS1. The molecule has 1 saturated carbocycles. The molecule has 1 aliphatic carbocycles. The lowest BCUT2D eigenvalue weighted by Gasteiger charge is -2.31. The Morgan fingerprint density at radius 1 is 1.47 bits per heavy atom. The molecule has 1 N–H and O–H groups in total. The van der Waals surface area contributed by atoms with Gasteiger partial charge in [0.1, 0.15) is 0 Å². The maximum atomic E-state index is 12.5. The summed E-state index contributed by atoms with van der Waals surface area (Å²) in [6.07, 6.45) is 4.14. The van der Waals surface area contributed by atoms with E-state index in [1.807, 2.05) is 11.8 Å². The van der Waals surface area contributed by atoms with Gasteiger partial charge in [-0.05, 0) is 38.4 Å². The van der Waals surface area contributed by atoms with Crippen LogP contribution in [0.1, 0.15) is 39.0 Å². The summed E-state index contributed by atoms with van der Waals surface area (Å²) < 4.78 is -0.304. The molecule has 0 aromatic rings. The molecule has 0 bridgehead atoms. The third-order valence-electron chi connectivity index (χ3n) is 3.49. The first-order valence-electron chi connectivity index (χ1n) is 6.20. The number of carbonyl (C=O) groups is 2. The van der Waals surface area contributed by atoms with Crippen molar-refractivity contribution in [1.29, 1.82) is 0 Å². The fraction of sp³-hybridized carbons (Fsp3) is 0.833. The van der Waals surface area contributed by atoms with Gasteiger partial charge < -0.3 is 10.0 Å². The average molecular weight is 257 g/mol. The van der Waals surface area contributed by atoms with Crippen LogP contribution in [0.5, 0.6) is 0 Å². The summed E-state index contributed by atoms with van der Waals surface area (Å²) in [5.74, 6) is 0.371. The van der Waals surface area contributed by atoms with Gasteiger partial charge in [0, 0.05) is 12.6 Å². The molecule has 2 aliphatic rings. The van der Waals surface area contributed by atoms with Gasteiger partial charge in [0.05, 0.1) is 11.2 Å². The van der Waals surface area contributed by atoms with E-state index in [2.05, 4.69) is 0 Å². The van der Waals surface area contributed by atoms with Crippen LogP contribution in [0, 0.1) is 0 Å². The van der Waals surface area contributed by atoms with E-state index in [0.29, 0.717) is 12.6 Å². The van der Waals surface area contributed by atoms with E-state index < -0.39 is 5.97 Å². The van der Waals surface area contributed by atoms with Crippen LogP contribution in [-0.2, 0) is 9.59 Å². The van der Waals surface area contributed by atoms with Gasteiger partial charge in [-0.25, -0.2) is 0 Å². The van der Waals surface area contributed by atoms with Crippen LogP contribution in [0.25, 0.3) is 0 Å². The van der Waals surface area contributed by atoms with E-state index in [9.17, 15) is 9.59 Å². The molecule has 1 saturated heterocycles. The van der Waals surface area contributed by atoms with Crippen molar-refractivity contribution >= 4 is 23.6 Å². The molecule has 1 unspecified atom stereocenters. The van der Waals surface area contributed by atoms with Gasteiger partial charge in [-0.1, -0.05) is 0 Å². The molecule has 4 nitrogen and oxygen atoms in total. The zero-order chi connectivity index (χ0) is 12.5. The van der Waals surface area contributed by atoms with Crippen LogP contribution in [-0.4, -0.2) is 45.0 Å². The first-order valence-corrected chi connectivity index (χ1v) is 7.18. The highest BCUT2D eigenvalue weighted by molar-refractivity contribution is 8.01. The summed E-state index contributed by atoms with van der Waals surface area (Å²) in [4.78, 5) is 24.9. The summed E-state index contributed by atoms with van der Waals surface area (Å²) in [6, 6.07) is 0.305. The summed E-state index contributed by atoms with van der Waals surface area (Å²) in [5, 5.41) is 8.73. The second kappa shape index (κ2) is 4.88. The Morgan fingerprint density at radius 3 is 2.65 bits per heavy atom. The van der Waals surface area contributed by atoms with Crippen molar-refractivity contribution in [2.45, 2.75) is 49.8 Å². The maximum Gasteiger partial charge on any atom is 0.305 e. The van der Waals surface area contributed by atoms with Gasteiger partial charge in [-0.3, -0.25) is 9.59 Å². The third kappa shape index (κ3) is 2.94. The summed E-state index contributed by atoms with van der Waals surface area (Å²) in [6.45, 7) is 2.37. The molecule has 1 heterocycles. The Labute approximate surface area is 106 Å². The number of carboxylic acid groups (broad SMARTS) is 1. The number of hydrogen-bond acceptors (Lipinski definition) is 3. The highest BCUT2D eigenvalue weighted by atomic mass is 32.2. The minimum atomic E-state index is -0.826. The van der Waals surface area contributed by atoms with Crippen LogP contribution in [0.3, 0.4) is 0 Å². The summed E-state index contributed by atoms with van der Waals surface area (Å²) >= 11 is 1.72. The van der Waals surface area contributed by atoms with Gasteiger partial charge >= 0.3 is 5.97 Å². The van der Waals surface area contributed by atoms with Crippen LogP contribution in [0.2, 0.25) is 0 Å². The molecular formula is C12H19NO3S. The zero-order valence-corrected chi connectivity index (χ0v) is 11.0. The Bertz CT molecular complexity index is 322. The summed E-state index contributed by atoms with van der Waals surface area (Å²) in [7, 11) is 0. The van der Waals surface area contributed by atoms with Crippen LogP contribution in [0.4, 0.5) is 0 Å². The lowest BCUT2D eigenvalue weighted by molar-refractivity contribution is -0.139. The highest BCUT2D eigenvalue weighted by Crippen LogP contribution is 2.41. The number of nitrogens with zero attached hydrogens (tertiary/aromatic N) is 1. The lowest BCUT2D eigenvalue weighted by atomic mass is 10.0. The van der Waals surface area contributed by atoms with Crippen molar-refractivity contribution in [1.82, 2.24) is 4.90 Å². The predicted molar refractivity (Wildman–Crippen MR) is 67.1 cm³/mol. The first kappa shape index (κ1) is 12.7. The third-order valence-corrected chi connectivity index (χ3v) is 4.99. The van der Waals surface area contributed by atoms with E-state index in [1.54, 1.807) is 11.8 Å². The molecule has 1 atom stereocenters. The lowest BCUT2D eigenvalue weighted by Crippen LogP contribution is -2.45. The normalized spacial score (nSPS) is 28.1. The van der Waals surface area contributed by atoms with Crippen molar-refractivity contribution in [3.63, 3.8) is 0 Å². The second-order valence-electron chi connectivity index (χ2n) is 5.06. The van der Waals surface area contributed by atoms with E-state index in [0.717, 1.165) is 31.4 Å². The van der Waals surface area contributed by atoms with Crippen molar-refractivity contribution in [3.8, 4) is 0 Å². The van der Waals surface area contributed by atoms with Gasteiger partial charge in [0.15, 0.2) is 0 Å². The Morgan fingerprint density at radius 2 is 2.18 bits per heavy atom. The first-order chi connectivity index (χ1) is 8.03. The van der Waals surface area contributed by atoms with Gasteiger partial charge in [0.2, 0.25) is 5.91 Å². The van der Waals surface area contributed by atoms with Crippen molar-refractivity contribution < 1.29 is 14.7 Å². The molecule has 17 heavy (non-hydrogen) atoms. The van der Waals surface area contributed by atoms with Gasteiger partial charge in [-0.2, -0.15) is 0 Å². The van der Waals surface area contributed by atoms with Crippen molar-refractivity contribution in [2.24, 2.45) is 0 Å². The fourth-order valence-corrected chi connectivity index (χ4v) is 3.57.